The standard InChI is InChI=1S/C32H18N2S/c1-4-12-25-19(9-1)22-17-23-20-10-3-8-16-29(20)35-30(23)18-24(22)31-21-11-2-5-13-26(21)34-28-15-7-6-14-27(28)33(25)32(31)34/h1-18H. The summed E-state index contributed by atoms with van der Waals surface area (Å²) >= 11 is 1.89. The summed E-state index contributed by atoms with van der Waals surface area (Å²) < 4.78 is 7.63. The number of nitrogens with zero attached hydrogens (tertiary/aromatic N) is 2. The Morgan fingerprint density at radius 3 is 2.11 bits per heavy atom. The van der Waals surface area contributed by atoms with E-state index in [-0.39, 0.29) is 0 Å². The van der Waals surface area contributed by atoms with Gasteiger partial charge in [-0.25, -0.2) is 0 Å². The molecule has 3 heteroatoms. The van der Waals surface area contributed by atoms with E-state index in [4.69, 9.17) is 0 Å². The van der Waals surface area contributed by atoms with E-state index in [9.17, 15) is 0 Å². The number of thiophene rings is 1. The number of rotatable bonds is 0. The highest BCUT2D eigenvalue weighted by Gasteiger charge is 2.28. The zero-order valence-electron chi connectivity index (χ0n) is 18.7. The predicted octanol–water partition coefficient (Wildman–Crippen LogP) is 9.05. The van der Waals surface area contributed by atoms with Gasteiger partial charge in [-0.15, -0.1) is 11.3 Å². The Kier molecular flexibility index (Phi) is 3.20. The Bertz CT molecular complexity index is 2170. The van der Waals surface area contributed by atoms with E-state index >= 15 is 0 Å². The molecule has 0 bridgehead atoms. The second-order valence-electron chi connectivity index (χ2n) is 9.38. The summed E-state index contributed by atoms with van der Waals surface area (Å²) in [6.07, 6.45) is 0. The van der Waals surface area contributed by atoms with Crippen molar-refractivity contribution in [3.63, 3.8) is 0 Å². The van der Waals surface area contributed by atoms with Gasteiger partial charge in [0.25, 0.3) is 0 Å². The molecule has 0 fully saturated rings. The van der Waals surface area contributed by atoms with Gasteiger partial charge in [-0.05, 0) is 53.6 Å². The summed E-state index contributed by atoms with van der Waals surface area (Å²) in [5.74, 6) is 0. The molecule has 1 aliphatic rings. The van der Waals surface area contributed by atoms with Crippen molar-refractivity contribution < 1.29 is 0 Å². The fraction of sp³-hybridized carbons (Fsp3) is 0. The predicted molar refractivity (Wildman–Crippen MR) is 149 cm³/mol. The highest BCUT2D eigenvalue weighted by atomic mass is 32.1. The van der Waals surface area contributed by atoms with Crippen molar-refractivity contribution >= 4 is 59.1 Å². The molecule has 35 heavy (non-hydrogen) atoms. The van der Waals surface area contributed by atoms with E-state index in [0.717, 1.165) is 0 Å². The van der Waals surface area contributed by atoms with Crippen LogP contribution < -0.4 is 0 Å². The minimum Gasteiger partial charge on any atom is -0.293 e. The highest BCUT2D eigenvalue weighted by Crippen LogP contribution is 2.50. The first-order valence-electron chi connectivity index (χ1n) is 12.0. The van der Waals surface area contributed by atoms with Crippen LogP contribution in [0, 0.1) is 0 Å². The number of para-hydroxylation sites is 4. The summed E-state index contributed by atoms with van der Waals surface area (Å²) in [6.45, 7) is 0. The molecule has 0 radical (unpaired) electrons. The van der Waals surface area contributed by atoms with E-state index in [1.54, 1.807) is 0 Å². The number of fused-ring (bicyclic) bond motifs is 14. The van der Waals surface area contributed by atoms with Gasteiger partial charge in [0.05, 0.1) is 22.2 Å². The Labute approximate surface area is 204 Å². The smallest absolute Gasteiger partial charge is 0.131 e. The van der Waals surface area contributed by atoms with Crippen molar-refractivity contribution in [2.45, 2.75) is 0 Å². The highest BCUT2D eigenvalue weighted by molar-refractivity contribution is 7.25. The molecule has 5 aromatic carbocycles. The van der Waals surface area contributed by atoms with Crippen molar-refractivity contribution in [3.05, 3.63) is 109 Å². The first kappa shape index (κ1) is 18.0. The molecule has 0 N–H and O–H groups in total. The first-order valence-corrected chi connectivity index (χ1v) is 12.8. The molecule has 0 saturated carbocycles. The molecule has 0 amide bonds. The number of hydrogen-bond donors (Lipinski definition) is 0. The Morgan fingerprint density at radius 1 is 0.486 bits per heavy atom. The topological polar surface area (TPSA) is 9.34 Å². The molecule has 4 heterocycles. The molecule has 2 nitrogen and oxygen atoms in total. The van der Waals surface area contributed by atoms with Crippen molar-refractivity contribution in [1.82, 2.24) is 8.97 Å². The number of aromatic nitrogens is 2. The van der Waals surface area contributed by atoms with Crippen LogP contribution in [0.1, 0.15) is 0 Å². The number of benzene rings is 5. The summed E-state index contributed by atoms with van der Waals surface area (Å²) in [4.78, 5) is 0. The van der Waals surface area contributed by atoms with Crippen molar-refractivity contribution in [2.24, 2.45) is 0 Å². The van der Waals surface area contributed by atoms with Crippen LogP contribution in [0.3, 0.4) is 0 Å². The molecular formula is C32H18N2S. The second kappa shape index (κ2) is 6.21. The Morgan fingerprint density at radius 2 is 1.20 bits per heavy atom. The monoisotopic (exact) mass is 462 g/mol. The van der Waals surface area contributed by atoms with Crippen LogP contribution in [-0.4, -0.2) is 8.97 Å². The Balaban J connectivity index is 1.61. The number of imidazole rings is 1. The lowest BCUT2D eigenvalue weighted by atomic mass is 9.92. The zero-order valence-corrected chi connectivity index (χ0v) is 19.5. The van der Waals surface area contributed by atoms with Crippen molar-refractivity contribution in [1.29, 1.82) is 0 Å². The van der Waals surface area contributed by atoms with Crippen LogP contribution in [-0.2, 0) is 0 Å². The van der Waals surface area contributed by atoms with Gasteiger partial charge in [-0.3, -0.25) is 8.97 Å². The maximum Gasteiger partial charge on any atom is 0.131 e. The lowest BCUT2D eigenvalue weighted by Crippen LogP contribution is -1.95. The van der Waals surface area contributed by atoms with Crippen LogP contribution in [0.2, 0.25) is 0 Å². The molecule has 0 aliphatic carbocycles. The first-order chi connectivity index (χ1) is 17.4. The minimum absolute atomic E-state index is 1.24. The van der Waals surface area contributed by atoms with Gasteiger partial charge in [0.2, 0.25) is 0 Å². The van der Waals surface area contributed by atoms with E-state index in [1.807, 2.05) is 11.3 Å². The van der Waals surface area contributed by atoms with Crippen molar-refractivity contribution in [2.75, 3.05) is 0 Å². The average Bonchev–Trinajstić information content (AvgIpc) is 3.52. The molecule has 8 aromatic rings. The summed E-state index contributed by atoms with van der Waals surface area (Å²) in [7, 11) is 0. The summed E-state index contributed by atoms with van der Waals surface area (Å²) in [5, 5.41) is 3.99. The molecular weight excluding hydrogens is 444 g/mol. The molecule has 1 aliphatic heterocycles. The van der Waals surface area contributed by atoms with Gasteiger partial charge >= 0.3 is 0 Å². The maximum atomic E-state index is 2.48. The fourth-order valence-corrected chi connectivity index (χ4v) is 7.37. The molecule has 0 spiro atoms. The minimum atomic E-state index is 1.24. The molecule has 162 valence electrons. The average molecular weight is 463 g/mol. The quantitative estimate of drug-likeness (QED) is 0.213. The second-order valence-corrected chi connectivity index (χ2v) is 10.5. The van der Waals surface area contributed by atoms with Gasteiger partial charge in [0.1, 0.15) is 5.65 Å². The molecule has 0 unspecified atom stereocenters. The maximum absolute atomic E-state index is 2.48. The SMILES string of the molecule is c1ccc2c(c1)-c1cc3c(cc1-c1c4ccccc4n4c5ccccc5n-2c14)sc1ccccc13. The van der Waals surface area contributed by atoms with Crippen molar-refractivity contribution in [3.8, 4) is 27.9 Å². The van der Waals surface area contributed by atoms with Gasteiger partial charge in [0.15, 0.2) is 0 Å². The van der Waals surface area contributed by atoms with Crippen LogP contribution in [0.5, 0.6) is 0 Å². The fourth-order valence-electron chi connectivity index (χ4n) is 6.25. The summed E-state index contributed by atoms with van der Waals surface area (Å²) in [5.41, 5.74) is 11.5. The van der Waals surface area contributed by atoms with Gasteiger partial charge in [-0.1, -0.05) is 66.7 Å². The number of hydrogen-bond acceptors (Lipinski definition) is 1. The third-order valence-electron chi connectivity index (χ3n) is 7.65. The lowest BCUT2D eigenvalue weighted by Gasteiger charge is -2.12. The summed E-state index contributed by atoms with van der Waals surface area (Å²) in [6, 6.07) is 40.2. The Hall–Kier alpha value is -4.34. The van der Waals surface area contributed by atoms with E-state index in [0.29, 0.717) is 0 Å². The molecule has 3 aromatic heterocycles. The van der Waals surface area contributed by atoms with Gasteiger partial charge in [0, 0.05) is 36.7 Å². The van der Waals surface area contributed by atoms with E-state index in [1.165, 1.54) is 75.7 Å². The molecule has 9 rings (SSSR count). The molecule has 0 saturated heterocycles. The van der Waals surface area contributed by atoms with E-state index in [2.05, 4.69) is 118 Å². The van der Waals surface area contributed by atoms with Crippen LogP contribution >= 0.6 is 11.3 Å². The van der Waals surface area contributed by atoms with Gasteiger partial charge < -0.3 is 0 Å². The zero-order chi connectivity index (χ0) is 22.7. The normalized spacial score (nSPS) is 12.6. The van der Waals surface area contributed by atoms with E-state index < -0.39 is 0 Å². The van der Waals surface area contributed by atoms with Crippen LogP contribution in [0.15, 0.2) is 109 Å². The molecule has 0 atom stereocenters. The lowest BCUT2D eigenvalue weighted by molar-refractivity contribution is 1.16. The van der Waals surface area contributed by atoms with Crippen LogP contribution in [0.25, 0.3) is 75.7 Å². The third kappa shape index (κ3) is 2.11. The van der Waals surface area contributed by atoms with Gasteiger partial charge in [-0.2, -0.15) is 0 Å². The largest absolute Gasteiger partial charge is 0.293 e. The van der Waals surface area contributed by atoms with Crippen LogP contribution in [0.4, 0.5) is 0 Å². The third-order valence-corrected chi connectivity index (χ3v) is 8.78.